The van der Waals surface area contributed by atoms with Crippen molar-refractivity contribution in [3.63, 3.8) is 0 Å². The second-order valence-electron chi connectivity index (χ2n) is 5.04. The smallest absolute Gasteiger partial charge is 0.145 e. The zero-order valence-electron chi connectivity index (χ0n) is 12.2. The Bertz CT molecular complexity index is 587. The van der Waals surface area contributed by atoms with Gasteiger partial charge in [0.2, 0.25) is 0 Å². The van der Waals surface area contributed by atoms with Crippen molar-refractivity contribution in [2.24, 2.45) is 0 Å². The Balaban J connectivity index is 2.23. The molecule has 1 aromatic carbocycles. The molecule has 2 aromatic rings. The van der Waals surface area contributed by atoms with Gasteiger partial charge in [0.05, 0.1) is 10.5 Å². The molecule has 0 bridgehead atoms. The lowest BCUT2D eigenvalue weighted by Crippen LogP contribution is -2.26. The third-order valence-corrected chi connectivity index (χ3v) is 4.10. The van der Waals surface area contributed by atoms with Gasteiger partial charge in [-0.2, -0.15) is 0 Å². The molecule has 0 saturated heterocycles. The summed E-state index contributed by atoms with van der Waals surface area (Å²) >= 11 is 3.32. The van der Waals surface area contributed by atoms with E-state index in [0.29, 0.717) is 10.9 Å². The van der Waals surface area contributed by atoms with E-state index in [2.05, 4.69) is 38.1 Å². The van der Waals surface area contributed by atoms with Crippen LogP contribution < -0.4 is 5.32 Å². The molecular weight excluding hydrogens is 333 g/mol. The van der Waals surface area contributed by atoms with Crippen LogP contribution in [0.3, 0.4) is 0 Å². The summed E-state index contributed by atoms with van der Waals surface area (Å²) in [5, 5.41) is 3.43. The highest BCUT2D eigenvalue weighted by atomic mass is 79.9. The van der Waals surface area contributed by atoms with Gasteiger partial charge in [-0.1, -0.05) is 19.1 Å². The van der Waals surface area contributed by atoms with Gasteiger partial charge in [-0.25, -0.2) is 14.4 Å². The molecule has 21 heavy (non-hydrogen) atoms. The number of aromatic nitrogens is 2. The molecule has 1 atom stereocenters. The number of aryl methyl sites for hydroxylation is 1. The van der Waals surface area contributed by atoms with Crippen molar-refractivity contribution in [2.45, 2.75) is 32.7 Å². The topological polar surface area (TPSA) is 37.8 Å². The largest absolute Gasteiger partial charge is 0.307 e. The molecule has 0 aliphatic carbocycles. The number of hydrogen-bond acceptors (Lipinski definition) is 3. The fourth-order valence-electron chi connectivity index (χ4n) is 2.08. The van der Waals surface area contributed by atoms with Gasteiger partial charge in [-0.05, 0) is 59.4 Å². The number of nitrogens with one attached hydrogen (secondary N) is 1. The summed E-state index contributed by atoms with van der Waals surface area (Å²) in [7, 11) is 0. The van der Waals surface area contributed by atoms with Gasteiger partial charge in [-0.15, -0.1) is 0 Å². The molecule has 0 amide bonds. The standard InChI is InChI=1S/C16H19BrFN3/c1-3-7-19-14(16-20-9-11(2)10-21-16)8-12-5-4-6-13(18)15(12)17/h4-6,9-10,14,19H,3,7-8H2,1-2H3. The molecule has 0 saturated carbocycles. The molecule has 1 N–H and O–H groups in total. The van der Waals surface area contributed by atoms with E-state index in [4.69, 9.17) is 0 Å². The van der Waals surface area contributed by atoms with Crippen LogP contribution in [0, 0.1) is 12.7 Å². The fraction of sp³-hybridized carbons (Fsp3) is 0.375. The molecule has 1 unspecified atom stereocenters. The first-order valence-corrected chi connectivity index (χ1v) is 7.86. The summed E-state index contributed by atoms with van der Waals surface area (Å²) in [6.07, 6.45) is 5.28. The van der Waals surface area contributed by atoms with Gasteiger partial charge in [0.1, 0.15) is 11.6 Å². The number of nitrogens with zero attached hydrogens (tertiary/aromatic N) is 2. The Kier molecular flexibility index (Phi) is 5.82. The number of hydrogen-bond donors (Lipinski definition) is 1. The molecular formula is C16H19BrFN3. The van der Waals surface area contributed by atoms with Crippen LogP contribution in [0.1, 0.15) is 36.3 Å². The predicted molar refractivity (Wildman–Crippen MR) is 85.6 cm³/mol. The predicted octanol–water partition coefficient (Wildman–Crippen LogP) is 3.97. The van der Waals surface area contributed by atoms with E-state index in [-0.39, 0.29) is 11.9 Å². The van der Waals surface area contributed by atoms with Crippen LogP contribution in [0.2, 0.25) is 0 Å². The first-order valence-electron chi connectivity index (χ1n) is 7.06. The normalized spacial score (nSPS) is 12.4. The Morgan fingerprint density at radius 1 is 1.29 bits per heavy atom. The zero-order chi connectivity index (χ0) is 15.2. The van der Waals surface area contributed by atoms with Crippen molar-refractivity contribution in [1.29, 1.82) is 0 Å². The van der Waals surface area contributed by atoms with Gasteiger partial charge in [0.25, 0.3) is 0 Å². The van der Waals surface area contributed by atoms with Crippen LogP contribution in [0.15, 0.2) is 35.1 Å². The highest BCUT2D eigenvalue weighted by molar-refractivity contribution is 9.10. The summed E-state index contributed by atoms with van der Waals surface area (Å²) in [5.41, 5.74) is 1.94. The molecule has 2 rings (SSSR count). The van der Waals surface area contributed by atoms with Gasteiger partial charge in [0, 0.05) is 12.4 Å². The van der Waals surface area contributed by atoms with E-state index in [9.17, 15) is 4.39 Å². The summed E-state index contributed by atoms with van der Waals surface area (Å²) in [5.74, 6) is 0.497. The highest BCUT2D eigenvalue weighted by Crippen LogP contribution is 2.25. The average Bonchev–Trinajstić information content (AvgIpc) is 2.49. The van der Waals surface area contributed by atoms with Gasteiger partial charge in [0.15, 0.2) is 0 Å². The lowest BCUT2D eigenvalue weighted by molar-refractivity contribution is 0.501. The van der Waals surface area contributed by atoms with Crippen molar-refractivity contribution < 1.29 is 4.39 Å². The van der Waals surface area contributed by atoms with Gasteiger partial charge < -0.3 is 5.32 Å². The SMILES string of the molecule is CCCNC(Cc1cccc(F)c1Br)c1ncc(C)cn1. The Hall–Kier alpha value is -1.33. The molecule has 1 aromatic heterocycles. The minimum absolute atomic E-state index is 0.0244. The van der Waals surface area contributed by atoms with E-state index in [1.54, 1.807) is 6.07 Å². The van der Waals surface area contributed by atoms with Gasteiger partial charge in [-0.3, -0.25) is 0 Å². The van der Waals surface area contributed by atoms with Gasteiger partial charge >= 0.3 is 0 Å². The minimum atomic E-state index is -0.244. The maximum atomic E-state index is 13.6. The highest BCUT2D eigenvalue weighted by Gasteiger charge is 2.17. The quantitative estimate of drug-likeness (QED) is 0.855. The van der Waals surface area contributed by atoms with Crippen molar-refractivity contribution >= 4 is 15.9 Å². The van der Waals surface area contributed by atoms with Crippen LogP contribution in [-0.4, -0.2) is 16.5 Å². The van der Waals surface area contributed by atoms with Crippen LogP contribution in [-0.2, 0) is 6.42 Å². The first kappa shape index (κ1) is 16.0. The maximum Gasteiger partial charge on any atom is 0.145 e. The second kappa shape index (κ2) is 7.61. The molecule has 1 heterocycles. The molecule has 5 heteroatoms. The Morgan fingerprint density at radius 2 is 2.00 bits per heavy atom. The van der Waals surface area contributed by atoms with Crippen molar-refractivity contribution in [3.05, 3.63) is 57.8 Å². The van der Waals surface area contributed by atoms with Crippen LogP contribution >= 0.6 is 15.9 Å². The van der Waals surface area contributed by atoms with E-state index < -0.39 is 0 Å². The number of halogens is 2. The summed E-state index contributed by atoms with van der Waals surface area (Å²) in [6.45, 7) is 4.94. The Labute approximate surface area is 133 Å². The van der Waals surface area contributed by atoms with E-state index in [1.807, 2.05) is 25.4 Å². The fourth-order valence-corrected chi connectivity index (χ4v) is 2.51. The monoisotopic (exact) mass is 351 g/mol. The third-order valence-electron chi connectivity index (χ3n) is 3.21. The first-order chi connectivity index (χ1) is 10.1. The van der Waals surface area contributed by atoms with Crippen LogP contribution in [0.4, 0.5) is 4.39 Å². The molecule has 112 valence electrons. The van der Waals surface area contributed by atoms with Crippen LogP contribution in [0.5, 0.6) is 0 Å². The molecule has 0 aliphatic rings. The molecule has 0 fully saturated rings. The van der Waals surface area contributed by atoms with E-state index >= 15 is 0 Å². The maximum absolute atomic E-state index is 13.6. The van der Waals surface area contributed by atoms with Crippen molar-refractivity contribution in [2.75, 3.05) is 6.54 Å². The number of benzene rings is 1. The lowest BCUT2D eigenvalue weighted by atomic mass is 10.0. The minimum Gasteiger partial charge on any atom is -0.307 e. The van der Waals surface area contributed by atoms with E-state index in [1.165, 1.54) is 6.07 Å². The summed E-state index contributed by atoms with van der Waals surface area (Å²) in [4.78, 5) is 8.79. The lowest BCUT2D eigenvalue weighted by Gasteiger charge is -2.18. The van der Waals surface area contributed by atoms with Crippen molar-refractivity contribution in [3.8, 4) is 0 Å². The Morgan fingerprint density at radius 3 is 2.67 bits per heavy atom. The van der Waals surface area contributed by atoms with E-state index in [0.717, 1.165) is 29.9 Å². The number of rotatable bonds is 6. The molecule has 0 radical (unpaired) electrons. The zero-order valence-corrected chi connectivity index (χ0v) is 13.8. The molecule has 0 aliphatic heterocycles. The van der Waals surface area contributed by atoms with Crippen molar-refractivity contribution in [1.82, 2.24) is 15.3 Å². The molecule has 3 nitrogen and oxygen atoms in total. The summed E-state index contributed by atoms with van der Waals surface area (Å²) in [6, 6.07) is 5.07. The summed E-state index contributed by atoms with van der Waals surface area (Å²) < 4.78 is 14.2. The second-order valence-corrected chi connectivity index (χ2v) is 5.84. The average molecular weight is 352 g/mol. The molecule has 0 spiro atoms. The third kappa shape index (κ3) is 4.32. The van der Waals surface area contributed by atoms with Crippen LogP contribution in [0.25, 0.3) is 0 Å².